The lowest BCUT2D eigenvalue weighted by Crippen LogP contribution is -2.12. The van der Waals surface area contributed by atoms with Crippen molar-refractivity contribution in [3.63, 3.8) is 0 Å². The third-order valence-corrected chi connectivity index (χ3v) is 2.52. The van der Waals surface area contributed by atoms with Gasteiger partial charge >= 0.3 is 0 Å². The summed E-state index contributed by atoms with van der Waals surface area (Å²) in [6, 6.07) is 8.30. The number of ether oxygens (including phenoxy) is 1. The topological polar surface area (TPSA) is 23.3 Å². The Hall–Kier alpha value is -1.28. The van der Waals surface area contributed by atoms with Gasteiger partial charge in [-0.05, 0) is 36.6 Å². The first-order chi connectivity index (χ1) is 7.40. The molecule has 2 nitrogen and oxygen atoms in total. The van der Waals surface area contributed by atoms with E-state index in [4.69, 9.17) is 4.74 Å². The first-order valence-corrected chi connectivity index (χ1v) is 5.45. The minimum atomic E-state index is 0.720. The molecule has 0 fully saturated rings. The molecule has 0 bridgehead atoms. The van der Waals surface area contributed by atoms with Gasteiger partial charge in [-0.2, -0.15) is 0 Å². The number of rotatable bonds is 3. The highest BCUT2D eigenvalue weighted by Crippen LogP contribution is 2.23. The average molecular weight is 202 g/mol. The van der Waals surface area contributed by atoms with Crippen molar-refractivity contribution in [2.75, 3.05) is 19.7 Å². The summed E-state index contributed by atoms with van der Waals surface area (Å²) in [5.74, 6) is 0.957. The van der Waals surface area contributed by atoms with Crippen LogP contribution >= 0.6 is 0 Å². The zero-order valence-electron chi connectivity index (χ0n) is 9.07. The van der Waals surface area contributed by atoms with Crippen LogP contribution in [0.3, 0.4) is 0 Å². The van der Waals surface area contributed by atoms with E-state index in [1.165, 1.54) is 11.1 Å². The fourth-order valence-electron chi connectivity index (χ4n) is 1.78. The van der Waals surface area contributed by atoms with Crippen LogP contribution < -0.4 is 10.1 Å². The van der Waals surface area contributed by atoms with E-state index in [0.29, 0.717) is 0 Å². The monoisotopic (exact) mass is 202 g/mol. The van der Waals surface area contributed by atoms with Crippen molar-refractivity contribution >= 4 is 5.57 Å². The zero-order chi connectivity index (χ0) is 10.5. The van der Waals surface area contributed by atoms with Crippen molar-refractivity contribution in [1.82, 2.24) is 5.32 Å². The fraction of sp³-hybridized carbons (Fsp3) is 0.385. The third-order valence-electron chi connectivity index (χ3n) is 2.52. The summed E-state index contributed by atoms with van der Waals surface area (Å²) >= 11 is 0. The predicted octanol–water partition coefficient (Wildman–Crippen LogP) is 2.48. The first-order valence-electron chi connectivity index (χ1n) is 5.45. The molecule has 1 aromatic rings. The SMILES string of the molecule is CCOc1cccc(C2=CC[N]CC2)c1. The fourth-order valence-corrected chi connectivity index (χ4v) is 1.78. The second-order valence-electron chi connectivity index (χ2n) is 3.57. The van der Waals surface area contributed by atoms with Crippen LogP contribution in [0.2, 0.25) is 0 Å². The van der Waals surface area contributed by atoms with Crippen molar-refractivity contribution in [1.29, 1.82) is 0 Å². The van der Waals surface area contributed by atoms with Gasteiger partial charge < -0.3 is 4.74 Å². The smallest absolute Gasteiger partial charge is 0.119 e. The maximum absolute atomic E-state index is 5.49. The summed E-state index contributed by atoms with van der Waals surface area (Å²) in [5.41, 5.74) is 2.67. The van der Waals surface area contributed by atoms with E-state index in [-0.39, 0.29) is 0 Å². The van der Waals surface area contributed by atoms with Crippen LogP contribution in [0.5, 0.6) is 5.75 Å². The molecule has 0 atom stereocenters. The highest BCUT2D eigenvalue weighted by molar-refractivity contribution is 5.67. The van der Waals surface area contributed by atoms with Crippen molar-refractivity contribution in [2.45, 2.75) is 13.3 Å². The van der Waals surface area contributed by atoms with E-state index < -0.39 is 0 Å². The Morgan fingerprint density at radius 2 is 2.33 bits per heavy atom. The van der Waals surface area contributed by atoms with E-state index in [1.807, 2.05) is 19.1 Å². The minimum absolute atomic E-state index is 0.720. The molecule has 2 heteroatoms. The maximum atomic E-state index is 5.49. The summed E-state index contributed by atoms with van der Waals surface area (Å²) < 4.78 is 5.49. The maximum Gasteiger partial charge on any atom is 0.119 e. The number of nitrogens with zero attached hydrogens (tertiary/aromatic N) is 1. The molecule has 1 aliphatic rings. The van der Waals surface area contributed by atoms with Gasteiger partial charge in [-0.1, -0.05) is 18.2 Å². The van der Waals surface area contributed by atoms with Gasteiger partial charge in [-0.25, -0.2) is 5.32 Å². The molecule has 0 saturated heterocycles. The standard InChI is InChI=1S/C13H16NO/c1-2-15-13-5-3-4-12(10-13)11-6-8-14-9-7-11/h3-6,10H,2,7-9H2,1H3. The molecular weight excluding hydrogens is 186 g/mol. The Bertz CT molecular complexity index is 357. The Morgan fingerprint density at radius 1 is 1.40 bits per heavy atom. The van der Waals surface area contributed by atoms with Crippen molar-refractivity contribution in [3.05, 3.63) is 35.9 Å². The lowest BCUT2D eigenvalue weighted by atomic mass is 10.0. The van der Waals surface area contributed by atoms with Gasteiger partial charge in [-0.3, -0.25) is 0 Å². The lowest BCUT2D eigenvalue weighted by molar-refractivity contribution is 0.340. The second kappa shape index (κ2) is 4.99. The van der Waals surface area contributed by atoms with Crippen LogP contribution in [-0.2, 0) is 0 Å². The van der Waals surface area contributed by atoms with Gasteiger partial charge in [-0.15, -0.1) is 0 Å². The molecule has 1 aliphatic heterocycles. The van der Waals surface area contributed by atoms with Gasteiger partial charge in [0.25, 0.3) is 0 Å². The molecule has 15 heavy (non-hydrogen) atoms. The Morgan fingerprint density at radius 3 is 3.07 bits per heavy atom. The summed E-state index contributed by atoms with van der Waals surface area (Å²) in [6.07, 6.45) is 3.25. The summed E-state index contributed by atoms with van der Waals surface area (Å²) in [7, 11) is 0. The van der Waals surface area contributed by atoms with Crippen molar-refractivity contribution in [3.8, 4) is 5.75 Å². The largest absolute Gasteiger partial charge is 0.494 e. The van der Waals surface area contributed by atoms with E-state index >= 15 is 0 Å². The Kier molecular flexibility index (Phi) is 3.41. The number of benzene rings is 1. The summed E-state index contributed by atoms with van der Waals surface area (Å²) in [4.78, 5) is 0. The van der Waals surface area contributed by atoms with Crippen LogP contribution in [0.1, 0.15) is 18.9 Å². The van der Waals surface area contributed by atoms with Gasteiger partial charge in [0, 0.05) is 13.1 Å². The molecule has 0 unspecified atom stereocenters. The van der Waals surface area contributed by atoms with Crippen molar-refractivity contribution < 1.29 is 4.74 Å². The van der Waals surface area contributed by atoms with Crippen LogP contribution in [0, 0.1) is 0 Å². The molecule has 0 amide bonds. The molecule has 1 aromatic carbocycles. The first kappa shape index (κ1) is 10.2. The molecule has 1 radical (unpaired) electrons. The zero-order valence-corrected chi connectivity index (χ0v) is 9.07. The molecule has 0 aliphatic carbocycles. The molecule has 0 aromatic heterocycles. The van der Waals surface area contributed by atoms with E-state index in [0.717, 1.165) is 31.9 Å². The van der Waals surface area contributed by atoms with Crippen LogP contribution in [0.15, 0.2) is 30.3 Å². The minimum Gasteiger partial charge on any atom is -0.494 e. The van der Waals surface area contributed by atoms with Crippen molar-refractivity contribution in [2.24, 2.45) is 0 Å². The number of hydrogen-bond donors (Lipinski definition) is 0. The van der Waals surface area contributed by atoms with E-state index in [9.17, 15) is 0 Å². The highest BCUT2D eigenvalue weighted by Gasteiger charge is 2.06. The molecule has 1 heterocycles. The van der Waals surface area contributed by atoms with Gasteiger partial charge in [0.05, 0.1) is 6.61 Å². The molecule has 2 rings (SSSR count). The van der Waals surface area contributed by atoms with Gasteiger partial charge in [0.2, 0.25) is 0 Å². The molecular formula is C13H16NO. The van der Waals surface area contributed by atoms with Gasteiger partial charge in [0.15, 0.2) is 0 Å². The number of hydrogen-bond acceptors (Lipinski definition) is 1. The molecule has 79 valence electrons. The van der Waals surface area contributed by atoms with Gasteiger partial charge in [0.1, 0.15) is 5.75 Å². The third kappa shape index (κ3) is 2.60. The Labute approximate surface area is 91.0 Å². The average Bonchev–Trinajstić information content (AvgIpc) is 2.31. The normalized spacial score (nSPS) is 15.9. The lowest BCUT2D eigenvalue weighted by Gasteiger charge is -2.13. The molecule has 0 N–H and O–H groups in total. The summed E-state index contributed by atoms with van der Waals surface area (Å²) in [5, 5.41) is 4.30. The second-order valence-corrected chi connectivity index (χ2v) is 3.57. The highest BCUT2D eigenvalue weighted by atomic mass is 16.5. The van der Waals surface area contributed by atoms with Crippen LogP contribution in [0.4, 0.5) is 0 Å². The molecule has 0 spiro atoms. The quantitative estimate of drug-likeness (QED) is 0.738. The van der Waals surface area contributed by atoms with Crippen LogP contribution in [0.25, 0.3) is 5.57 Å². The van der Waals surface area contributed by atoms with Crippen LogP contribution in [-0.4, -0.2) is 19.7 Å². The summed E-state index contributed by atoms with van der Waals surface area (Å²) in [6.45, 7) is 4.53. The Balaban J connectivity index is 2.20. The van der Waals surface area contributed by atoms with E-state index in [1.54, 1.807) is 0 Å². The predicted molar refractivity (Wildman–Crippen MR) is 62.1 cm³/mol. The molecule has 0 saturated carbocycles. The van der Waals surface area contributed by atoms with E-state index in [2.05, 4.69) is 23.5 Å².